The summed E-state index contributed by atoms with van der Waals surface area (Å²) in [6.45, 7) is 0. The number of nitrogens with zero attached hydrogens (tertiary/aromatic N) is 1. The number of benzene rings is 1. The zero-order chi connectivity index (χ0) is 15.2. The molecule has 1 N–H and O–H groups in total. The van der Waals surface area contributed by atoms with E-state index in [0.717, 1.165) is 28.5 Å². The number of aryl methyl sites for hydroxylation is 1. The number of fused-ring (bicyclic) bond motifs is 3. The van der Waals surface area contributed by atoms with Gasteiger partial charge in [0.2, 0.25) is 0 Å². The number of likely N-dealkylation sites (N-methyl/N-ethyl adjacent to an activating group) is 1. The Hall–Kier alpha value is -1.33. The Bertz CT molecular complexity index is 708. The van der Waals surface area contributed by atoms with Gasteiger partial charge < -0.3 is 14.6 Å². The Morgan fingerprint density at radius 1 is 1.43 bits per heavy atom. The van der Waals surface area contributed by atoms with E-state index in [9.17, 15) is 4.79 Å². The smallest absolute Gasteiger partial charge is 0.260 e. The second-order valence-corrected chi connectivity index (χ2v) is 6.67. The Balaban J connectivity index is 2.25. The van der Waals surface area contributed by atoms with Gasteiger partial charge >= 0.3 is 0 Å². The summed E-state index contributed by atoms with van der Waals surface area (Å²) in [5, 5.41) is 1.18. The molecule has 1 aliphatic carbocycles. The molecule has 0 saturated carbocycles. The predicted octanol–water partition coefficient (Wildman–Crippen LogP) is 3.20. The van der Waals surface area contributed by atoms with Crippen LogP contribution < -0.4 is 0 Å². The zero-order valence-corrected chi connectivity index (χ0v) is 14.1. The minimum atomic E-state index is -0.886. The van der Waals surface area contributed by atoms with E-state index in [4.69, 9.17) is 4.74 Å². The molecule has 1 amide bonds. The van der Waals surface area contributed by atoms with Gasteiger partial charge in [0.15, 0.2) is 5.60 Å². The molecule has 5 heteroatoms. The first kappa shape index (κ1) is 14.6. The fraction of sp³-hybridized carbons (Fsp3) is 0.438. The molecule has 1 aromatic heterocycles. The highest BCUT2D eigenvalue weighted by Crippen LogP contribution is 2.42. The third kappa shape index (κ3) is 2.10. The summed E-state index contributed by atoms with van der Waals surface area (Å²) < 4.78 is 6.78. The van der Waals surface area contributed by atoms with Crippen molar-refractivity contribution in [2.75, 3.05) is 21.2 Å². The Labute approximate surface area is 132 Å². The van der Waals surface area contributed by atoms with Crippen LogP contribution in [0.4, 0.5) is 0 Å². The molecule has 0 saturated heterocycles. The van der Waals surface area contributed by atoms with E-state index in [0.29, 0.717) is 6.42 Å². The van der Waals surface area contributed by atoms with Gasteiger partial charge in [-0.15, -0.1) is 0 Å². The first-order valence-corrected chi connectivity index (χ1v) is 7.86. The molecule has 2 aromatic rings. The highest BCUT2D eigenvalue weighted by molar-refractivity contribution is 9.10. The largest absolute Gasteiger partial charge is 0.362 e. The number of hydrogen-bond donors (Lipinski definition) is 1. The molecular formula is C16H19BrN2O2. The fourth-order valence-electron chi connectivity index (χ4n) is 3.34. The molecule has 0 radical (unpaired) electrons. The van der Waals surface area contributed by atoms with Crippen LogP contribution in [-0.4, -0.2) is 37.0 Å². The first-order chi connectivity index (χ1) is 9.99. The van der Waals surface area contributed by atoms with Crippen LogP contribution in [0.25, 0.3) is 10.9 Å². The van der Waals surface area contributed by atoms with E-state index in [2.05, 4.69) is 27.0 Å². The number of nitrogens with one attached hydrogen (secondary N) is 1. The van der Waals surface area contributed by atoms with Crippen molar-refractivity contribution in [3.63, 3.8) is 0 Å². The molecule has 0 aliphatic heterocycles. The van der Waals surface area contributed by atoms with Crippen LogP contribution in [0, 0.1) is 0 Å². The quantitative estimate of drug-likeness (QED) is 0.903. The van der Waals surface area contributed by atoms with E-state index in [1.54, 1.807) is 26.1 Å². The summed E-state index contributed by atoms with van der Waals surface area (Å²) in [5.41, 5.74) is 2.29. The summed E-state index contributed by atoms with van der Waals surface area (Å²) in [6, 6.07) is 6.18. The number of aromatic nitrogens is 1. The molecule has 1 aliphatic rings. The van der Waals surface area contributed by atoms with Crippen LogP contribution in [0.5, 0.6) is 0 Å². The number of carbonyl (C=O) groups is 1. The third-order valence-corrected chi connectivity index (χ3v) is 4.82. The number of aromatic amines is 1. The van der Waals surface area contributed by atoms with E-state index >= 15 is 0 Å². The lowest BCUT2D eigenvalue weighted by Gasteiger charge is -2.36. The van der Waals surface area contributed by atoms with Crippen molar-refractivity contribution < 1.29 is 9.53 Å². The van der Waals surface area contributed by atoms with Crippen LogP contribution in [0.2, 0.25) is 0 Å². The minimum Gasteiger partial charge on any atom is -0.362 e. The molecule has 3 rings (SSSR count). The van der Waals surface area contributed by atoms with Crippen LogP contribution in [0.15, 0.2) is 22.7 Å². The normalized spacial score (nSPS) is 21.3. The second-order valence-electron chi connectivity index (χ2n) is 5.75. The highest BCUT2D eigenvalue weighted by Gasteiger charge is 2.46. The van der Waals surface area contributed by atoms with Crippen LogP contribution in [-0.2, 0) is 21.6 Å². The number of hydrogen-bond acceptors (Lipinski definition) is 2. The van der Waals surface area contributed by atoms with Crippen LogP contribution in [0.1, 0.15) is 24.1 Å². The van der Waals surface area contributed by atoms with Gasteiger partial charge in [-0.1, -0.05) is 22.0 Å². The maximum atomic E-state index is 12.7. The summed E-state index contributed by atoms with van der Waals surface area (Å²) in [7, 11) is 5.17. The van der Waals surface area contributed by atoms with Gasteiger partial charge in [-0.05, 0) is 37.0 Å². The molecule has 0 fully saturated rings. The standard InChI is InChI=1S/C16H19BrN2O2/c1-19(2)15(20)16(21-3)8-4-5-12-11-7-6-10(17)9-13(11)18-14(12)16/h6-7,9,18H,4-5,8H2,1-3H3. The van der Waals surface area contributed by atoms with Gasteiger partial charge in [-0.25, -0.2) is 0 Å². The molecule has 1 heterocycles. The summed E-state index contributed by atoms with van der Waals surface area (Å²) >= 11 is 3.50. The van der Waals surface area contributed by atoms with Crippen LogP contribution in [0.3, 0.4) is 0 Å². The van der Waals surface area contributed by atoms with Gasteiger partial charge in [0.05, 0.1) is 5.69 Å². The van der Waals surface area contributed by atoms with E-state index in [1.807, 2.05) is 12.1 Å². The zero-order valence-electron chi connectivity index (χ0n) is 12.5. The Morgan fingerprint density at radius 3 is 2.86 bits per heavy atom. The van der Waals surface area contributed by atoms with Crippen molar-refractivity contribution in [3.05, 3.63) is 33.9 Å². The summed E-state index contributed by atoms with van der Waals surface area (Å²) in [5.74, 6) is -0.00317. The number of ether oxygens (including phenoxy) is 1. The summed E-state index contributed by atoms with van der Waals surface area (Å²) in [6.07, 6.45) is 2.63. The predicted molar refractivity (Wildman–Crippen MR) is 86.3 cm³/mol. The molecule has 1 unspecified atom stereocenters. The Morgan fingerprint density at radius 2 is 2.19 bits per heavy atom. The Kier molecular flexibility index (Phi) is 3.58. The summed E-state index contributed by atoms with van der Waals surface area (Å²) in [4.78, 5) is 17.8. The molecule has 0 bridgehead atoms. The van der Waals surface area contributed by atoms with Crippen LogP contribution >= 0.6 is 15.9 Å². The van der Waals surface area contributed by atoms with Crippen molar-refractivity contribution >= 4 is 32.7 Å². The maximum Gasteiger partial charge on any atom is 0.260 e. The molecule has 112 valence electrons. The van der Waals surface area contributed by atoms with Crippen molar-refractivity contribution in [1.29, 1.82) is 0 Å². The van der Waals surface area contributed by atoms with Crippen molar-refractivity contribution in [1.82, 2.24) is 9.88 Å². The van der Waals surface area contributed by atoms with Gasteiger partial charge in [0.1, 0.15) is 0 Å². The van der Waals surface area contributed by atoms with E-state index in [-0.39, 0.29) is 5.91 Å². The number of rotatable bonds is 2. The van der Waals surface area contributed by atoms with Gasteiger partial charge in [-0.2, -0.15) is 0 Å². The van der Waals surface area contributed by atoms with Crippen molar-refractivity contribution in [2.24, 2.45) is 0 Å². The molecule has 0 spiro atoms. The second kappa shape index (κ2) is 5.14. The first-order valence-electron chi connectivity index (χ1n) is 7.07. The molecule has 1 atom stereocenters. The lowest BCUT2D eigenvalue weighted by atomic mass is 9.81. The fourth-order valence-corrected chi connectivity index (χ4v) is 3.70. The van der Waals surface area contributed by atoms with Gasteiger partial charge in [-0.3, -0.25) is 4.79 Å². The van der Waals surface area contributed by atoms with Crippen molar-refractivity contribution in [2.45, 2.75) is 24.9 Å². The maximum absolute atomic E-state index is 12.7. The highest BCUT2D eigenvalue weighted by atomic mass is 79.9. The monoisotopic (exact) mass is 350 g/mol. The average molecular weight is 351 g/mol. The molecule has 21 heavy (non-hydrogen) atoms. The number of H-pyrrole nitrogens is 1. The molecule has 1 aromatic carbocycles. The van der Waals surface area contributed by atoms with Gasteiger partial charge in [0.25, 0.3) is 5.91 Å². The SMILES string of the molecule is COC1(C(=O)N(C)C)CCCc2c1[nH]c1cc(Br)ccc21. The lowest BCUT2D eigenvalue weighted by molar-refractivity contribution is -0.156. The number of carbonyl (C=O) groups excluding carboxylic acids is 1. The average Bonchev–Trinajstić information content (AvgIpc) is 2.83. The minimum absolute atomic E-state index is 0.00317. The molecule has 4 nitrogen and oxygen atoms in total. The number of amides is 1. The topological polar surface area (TPSA) is 45.3 Å². The third-order valence-electron chi connectivity index (χ3n) is 4.33. The number of methoxy groups -OCH3 is 1. The van der Waals surface area contributed by atoms with E-state index < -0.39 is 5.60 Å². The van der Waals surface area contributed by atoms with E-state index in [1.165, 1.54) is 10.9 Å². The van der Waals surface area contributed by atoms with Crippen molar-refractivity contribution in [3.8, 4) is 0 Å². The van der Waals surface area contributed by atoms with Gasteiger partial charge in [0, 0.05) is 36.6 Å². The number of halogens is 1. The molecular weight excluding hydrogens is 332 g/mol. The lowest BCUT2D eigenvalue weighted by Crippen LogP contribution is -2.47.